The average molecular weight is 1410 g/mol. The number of thiophene rings is 1. The Kier molecular flexibility index (Phi) is 16.2. The summed E-state index contributed by atoms with van der Waals surface area (Å²) in [5.74, 6) is 0. The van der Waals surface area contributed by atoms with Crippen molar-refractivity contribution >= 4 is 158 Å². The number of benzene rings is 19. The van der Waals surface area contributed by atoms with Crippen LogP contribution < -0.4 is 20.7 Å². The highest BCUT2D eigenvalue weighted by Gasteiger charge is 2.41. The smallest absolute Gasteiger partial charge is 0.179 e. The maximum absolute atomic E-state index is 6.51. The van der Waals surface area contributed by atoms with Crippen LogP contribution in [0.25, 0.3) is 174 Å². The molecule has 506 valence electrons. The van der Waals surface area contributed by atoms with Gasteiger partial charge in [-0.05, 0) is 173 Å². The van der Waals surface area contributed by atoms with Crippen molar-refractivity contribution in [3.63, 3.8) is 0 Å². The maximum Gasteiger partial charge on any atom is 0.179 e. The van der Waals surface area contributed by atoms with Crippen LogP contribution in [0.3, 0.4) is 0 Å². The molecule has 0 saturated heterocycles. The first kappa shape index (κ1) is 64.1. The largest absolute Gasteiger partial charge is 0.456 e. The fourth-order valence-electron chi connectivity index (χ4n) is 16.8. The fraction of sp³-hybridized carbons (Fsp3) is 0. The first-order valence-electron chi connectivity index (χ1n) is 37.0. The second-order valence-electron chi connectivity index (χ2n) is 28.0. The predicted molar refractivity (Wildman–Crippen MR) is 465 cm³/mol. The van der Waals surface area contributed by atoms with Crippen molar-refractivity contribution in [1.29, 1.82) is 0 Å². The van der Waals surface area contributed by atoms with Gasteiger partial charge in [0.2, 0.25) is 0 Å². The van der Waals surface area contributed by atoms with Gasteiger partial charge in [-0.2, -0.15) is 0 Å². The average Bonchev–Trinajstić information content (AvgIpc) is 1.17. The first-order valence-corrected chi connectivity index (χ1v) is 39.8. The zero-order chi connectivity index (χ0) is 71.5. The molecule has 0 fully saturated rings. The van der Waals surface area contributed by atoms with Crippen LogP contribution in [0.1, 0.15) is 0 Å². The lowest BCUT2D eigenvalue weighted by Crippen LogP contribution is -2.74. The minimum absolute atomic E-state index is 0.925. The van der Waals surface area contributed by atoms with Crippen molar-refractivity contribution in [2.75, 3.05) is 0 Å². The molecular weight excluding hydrogens is 1340 g/mol. The molecule has 0 N–H and O–H groups in total. The van der Waals surface area contributed by atoms with Gasteiger partial charge in [-0.1, -0.05) is 364 Å². The Hall–Kier alpha value is -13.5. The Morgan fingerprint density at radius 2 is 0.648 bits per heavy atom. The Morgan fingerprint density at radius 3 is 1.38 bits per heavy atom. The van der Waals surface area contributed by atoms with E-state index in [0.29, 0.717) is 0 Å². The summed E-state index contributed by atoms with van der Waals surface area (Å²) in [4.78, 5) is 0. The molecule has 108 heavy (non-hydrogen) atoms. The third-order valence-corrected chi connectivity index (χ3v) is 27.9. The third kappa shape index (κ3) is 11.2. The zero-order valence-corrected chi connectivity index (χ0v) is 60.8. The summed E-state index contributed by atoms with van der Waals surface area (Å²) in [6.45, 7) is 0. The first-order chi connectivity index (χ1) is 53.5. The molecule has 2 nitrogen and oxygen atoms in total. The molecule has 3 aromatic heterocycles. The van der Waals surface area contributed by atoms with Crippen LogP contribution in [0.2, 0.25) is 0 Å². The number of rotatable bonds is 9. The maximum atomic E-state index is 6.51. The van der Waals surface area contributed by atoms with E-state index >= 15 is 0 Å². The highest BCUT2D eigenvalue weighted by Crippen LogP contribution is 2.45. The molecule has 0 aliphatic carbocycles. The standard InChI is InChI=1S/C40H28OSi.C32H20O.C32H20S/c1-4-12-33(13-5-1)42(34-14-6-2-7-15-34,35-16-8-3-9-17-35)36-24-22-30-26-29(20-21-31(30)27-36)32-23-25-40-38(28-32)37-18-10-11-19-39(37)41-40;1-2-9-21(10-3-1)23-18-19-27(26-14-7-6-13-25(23)26)28-15-8-16-29-31-24-12-5-4-11-22(24)17-20-30(31)33-32(28)29;1-2-10-26-21(7-1)15-16-22-17-18-24(20-30(22)26)23-8-5-9-25(19-23)27-12-6-13-29-28-11-3-4-14-31(28)33-32(27)29/h1-28H;2*1-20H. The van der Waals surface area contributed by atoms with Gasteiger partial charge in [-0.25, -0.2) is 0 Å². The van der Waals surface area contributed by atoms with Crippen molar-refractivity contribution in [2.45, 2.75) is 0 Å². The van der Waals surface area contributed by atoms with E-state index in [1.807, 2.05) is 23.5 Å². The van der Waals surface area contributed by atoms with Gasteiger partial charge < -0.3 is 8.83 Å². The molecule has 0 spiro atoms. The van der Waals surface area contributed by atoms with Gasteiger partial charge in [0.1, 0.15) is 22.3 Å². The number of furan rings is 2. The molecule has 22 aromatic rings. The van der Waals surface area contributed by atoms with Crippen LogP contribution in [-0.4, -0.2) is 8.07 Å². The Balaban J connectivity index is 0.000000108. The molecule has 22 rings (SSSR count). The van der Waals surface area contributed by atoms with E-state index in [9.17, 15) is 0 Å². The van der Waals surface area contributed by atoms with Crippen LogP contribution in [0.5, 0.6) is 0 Å². The van der Waals surface area contributed by atoms with E-state index in [-0.39, 0.29) is 0 Å². The quantitative estimate of drug-likeness (QED) is 0.0818. The molecule has 0 bridgehead atoms. The minimum atomic E-state index is -2.55. The van der Waals surface area contributed by atoms with Gasteiger partial charge in [0.25, 0.3) is 0 Å². The van der Waals surface area contributed by atoms with Crippen LogP contribution in [-0.2, 0) is 0 Å². The Morgan fingerprint density at radius 1 is 0.194 bits per heavy atom. The number of hydrogen-bond donors (Lipinski definition) is 0. The normalized spacial score (nSPS) is 11.7. The molecule has 0 saturated carbocycles. The molecular formula is C104H68O2SSi. The molecule has 0 aliphatic heterocycles. The van der Waals surface area contributed by atoms with E-state index in [0.717, 1.165) is 44.1 Å². The van der Waals surface area contributed by atoms with Crippen LogP contribution >= 0.6 is 11.3 Å². The lowest BCUT2D eigenvalue weighted by atomic mass is 9.91. The molecule has 3 heterocycles. The summed E-state index contributed by atoms with van der Waals surface area (Å²) in [5, 5.41) is 25.5. The van der Waals surface area contributed by atoms with Crippen molar-refractivity contribution in [1.82, 2.24) is 0 Å². The summed E-state index contributed by atoms with van der Waals surface area (Å²) >= 11 is 1.89. The van der Waals surface area contributed by atoms with Crippen LogP contribution in [0.15, 0.2) is 421 Å². The van der Waals surface area contributed by atoms with Crippen molar-refractivity contribution in [2.24, 2.45) is 0 Å². The topological polar surface area (TPSA) is 26.3 Å². The van der Waals surface area contributed by atoms with Gasteiger partial charge in [0, 0.05) is 47.3 Å². The van der Waals surface area contributed by atoms with E-state index in [1.165, 1.54) is 150 Å². The van der Waals surface area contributed by atoms with Gasteiger partial charge in [0.15, 0.2) is 8.07 Å². The van der Waals surface area contributed by atoms with Crippen LogP contribution in [0.4, 0.5) is 0 Å². The fourth-order valence-corrected chi connectivity index (χ4v) is 22.9. The monoisotopic (exact) mass is 1410 g/mol. The summed E-state index contributed by atoms with van der Waals surface area (Å²) in [7, 11) is -2.55. The highest BCUT2D eigenvalue weighted by molar-refractivity contribution is 7.26. The second-order valence-corrected chi connectivity index (χ2v) is 32.9. The number of hydrogen-bond acceptors (Lipinski definition) is 3. The Bertz CT molecular complexity index is 7080. The predicted octanol–water partition coefficient (Wildman–Crippen LogP) is 26.7. The van der Waals surface area contributed by atoms with E-state index < -0.39 is 8.07 Å². The third-order valence-electron chi connectivity index (χ3n) is 21.9. The van der Waals surface area contributed by atoms with Crippen LogP contribution in [0, 0.1) is 0 Å². The highest BCUT2D eigenvalue weighted by atomic mass is 32.1. The summed E-state index contributed by atoms with van der Waals surface area (Å²) in [5.41, 5.74) is 16.0. The molecule has 0 amide bonds. The summed E-state index contributed by atoms with van der Waals surface area (Å²) in [6, 6.07) is 149. The van der Waals surface area contributed by atoms with Crippen molar-refractivity contribution in [3.05, 3.63) is 413 Å². The number of fused-ring (bicyclic) bond motifs is 16. The molecule has 0 aliphatic rings. The van der Waals surface area contributed by atoms with E-state index in [2.05, 4.69) is 400 Å². The van der Waals surface area contributed by atoms with Gasteiger partial charge in [-0.3, -0.25) is 0 Å². The number of para-hydroxylation sites is 2. The SMILES string of the molecule is c1cc(-c2ccc3ccc4ccccc4c3c2)cc(-c2cccc3c2sc2ccccc23)c1.c1ccc(-c2ccc(-c3cccc4c3oc3ccc5ccccc5c34)c3ccccc23)cc1.c1ccc([Si](c2ccccc2)(c2ccccc2)c2ccc3cc(-c4ccc5oc6ccccc6c5c4)ccc3c2)cc1. The molecule has 0 radical (unpaired) electrons. The minimum Gasteiger partial charge on any atom is -0.456 e. The van der Waals surface area contributed by atoms with Gasteiger partial charge >= 0.3 is 0 Å². The van der Waals surface area contributed by atoms with Crippen molar-refractivity contribution < 1.29 is 8.83 Å². The summed E-state index contributed by atoms with van der Waals surface area (Å²) < 4.78 is 15.3. The lowest BCUT2D eigenvalue weighted by molar-refractivity contribution is 0.669. The second kappa shape index (κ2) is 27.2. The zero-order valence-electron chi connectivity index (χ0n) is 59.0. The van der Waals surface area contributed by atoms with Crippen molar-refractivity contribution in [3.8, 4) is 55.6 Å². The van der Waals surface area contributed by atoms with E-state index in [1.54, 1.807) is 0 Å². The molecule has 0 unspecified atom stereocenters. The molecule has 4 heteroatoms. The van der Waals surface area contributed by atoms with Gasteiger partial charge in [0.05, 0.1) is 0 Å². The Labute approximate surface area is 630 Å². The molecule has 0 atom stereocenters. The van der Waals surface area contributed by atoms with E-state index in [4.69, 9.17) is 8.83 Å². The van der Waals surface area contributed by atoms with Gasteiger partial charge in [-0.15, -0.1) is 11.3 Å². The lowest BCUT2D eigenvalue weighted by Gasteiger charge is -2.34. The summed E-state index contributed by atoms with van der Waals surface area (Å²) in [6.07, 6.45) is 0. The molecule has 19 aromatic carbocycles.